The molecule has 0 aliphatic carbocycles. The number of nitrogens with one attached hydrogen (secondary N) is 1. The van der Waals surface area contributed by atoms with E-state index in [1.165, 1.54) is 0 Å². The van der Waals surface area contributed by atoms with Crippen LogP contribution in [-0.2, 0) is 4.79 Å². The van der Waals surface area contributed by atoms with Crippen molar-refractivity contribution in [3.63, 3.8) is 0 Å². The van der Waals surface area contributed by atoms with E-state index in [0.29, 0.717) is 13.0 Å². The molecule has 1 heterocycles. The Kier molecular flexibility index (Phi) is 6.09. The molecule has 0 aromatic heterocycles. The molecule has 0 saturated carbocycles. The van der Waals surface area contributed by atoms with Crippen molar-refractivity contribution in [3.05, 3.63) is 0 Å². The smallest absolute Gasteiger partial charge is 0.243 e. The molecule has 0 bridgehead atoms. The van der Waals surface area contributed by atoms with Gasteiger partial charge in [0, 0.05) is 19.2 Å². The van der Waals surface area contributed by atoms with Gasteiger partial charge in [-0.15, -0.1) is 0 Å². The van der Waals surface area contributed by atoms with Crippen molar-refractivity contribution < 1.29 is 9.90 Å². The first kappa shape index (κ1) is 15.4. The minimum Gasteiger partial charge on any atom is -0.396 e. The Hall–Kier alpha value is -0.610. The van der Waals surface area contributed by atoms with Crippen LogP contribution in [0.3, 0.4) is 0 Å². The second-order valence-corrected chi connectivity index (χ2v) is 5.53. The average molecular weight is 256 g/mol. The fourth-order valence-electron chi connectivity index (χ4n) is 2.85. The number of hydrogen-bond donors (Lipinski definition) is 2. The van der Waals surface area contributed by atoms with E-state index in [1.54, 1.807) is 0 Å². The Balaban J connectivity index is 2.78. The van der Waals surface area contributed by atoms with Crippen molar-refractivity contribution in [1.82, 2.24) is 10.2 Å². The van der Waals surface area contributed by atoms with Gasteiger partial charge in [0.15, 0.2) is 0 Å². The van der Waals surface area contributed by atoms with Gasteiger partial charge in [0.25, 0.3) is 0 Å². The fourth-order valence-corrected chi connectivity index (χ4v) is 2.85. The predicted octanol–water partition coefficient (Wildman–Crippen LogP) is 1.53. The standard InChI is InChI=1S/C14H28N2O2/c1-4-7-14(8-5-9-15-14)13(18)16(12(2)3)10-6-11-17/h12,15,17H,4-11H2,1-3H3. The summed E-state index contributed by atoms with van der Waals surface area (Å²) in [6.45, 7) is 7.96. The lowest BCUT2D eigenvalue weighted by Gasteiger charge is -2.37. The third kappa shape index (κ3) is 3.45. The molecule has 18 heavy (non-hydrogen) atoms. The minimum atomic E-state index is -0.339. The van der Waals surface area contributed by atoms with Crippen molar-refractivity contribution in [1.29, 1.82) is 0 Å². The number of aliphatic hydroxyl groups excluding tert-OH is 1. The van der Waals surface area contributed by atoms with Gasteiger partial charge < -0.3 is 15.3 Å². The van der Waals surface area contributed by atoms with Crippen LogP contribution in [0.1, 0.15) is 52.9 Å². The van der Waals surface area contributed by atoms with E-state index in [1.807, 2.05) is 18.7 Å². The van der Waals surface area contributed by atoms with E-state index in [0.717, 1.165) is 32.2 Å². The first-order valence-electron chi connectivity index (χ1n) is 7.24. The quantitative estimate of drug-likeness (QED) is 0.726. The monoisotopic (exact) mass is 256 g/mol. The van der Waals surface area contributed by atoms with Crippen molar-refractivity contribution in [3.8, 4) is 0 Å². The maximum absolute atomic E-state index is 12.8. The number of carbonyl (C=O) groups excluding carboxylic acids is 1. The molecule has 1 saturated heterocycles. The summed E-state index contributed by atoms with van der Waals surface area (Å²) >= 11 is 0. The van der Waals surface area contributed by atoms with E-state index in [2.05, 4.69) is 12.2 Å². The van der Waals surface area contributed by atoms with Crippen LogP contribution in [0.15, 0.2) is 0 Å². The van der Waals surface area contributed by atoms with E-state index in [-0.39, 0.29) is 24.1 Å². The lowest BCUT2D eigenvalue weighted by Crippen LogP contribution is -2.56. The highest BCUT2D eigenvalue weighted by Crippen LogP contribution is 2.28. The summed E-state index contributed by atoms with van der Waals surface area (Å²) in [6.07, 6.45) is 4.62. The molecule has 1 aliphatic rings. The highest BCUT2D eigenvalue weighted by molar-refractivity contribution is 5.87. The average Bonchev–Trinajstić information content (AvgIpc) is 2.79. The summed E-state index contributed by atoms with van der Waals surface area (Å²) in [5.74, 6) is 0.227. The van der Waals surface area contributed by atoms with Crippen LogP contribution >= 0.6 is 0 Å². The lowest BCUT2D eigenvalue weighted by atomic mass is 9.89. The molecular weight excluding hydrogens is 228 g/mol. The van der Waals surface area contributed by atoms with Crippen LogP contribution in [0.5, 0.6) is 0 Å². The Morgan fingerprint density at radius 1 is 1.50 bits per heavy atom. The molecule has 1 amide bonds. The largest absolute Gasteiger partial charge is 0.396 e. The molecule has 106 valence electrons. The van der Waals surface area contributed by atoms with Crippen LogP contribution in [0.2, 0.25) is 0 Å². The molecule has 4 heteroatoms. The first-order valence-corrected chi connectivity index (χ1v) is 7.24. The number of carbonyl (C=O) groups is 1. The Morgan fingerprint density at radius 3 is 2.67 bits per heavy atom. The zero-order valence-electron chi connectivity index (χ0n) is 12.0. The summed E-state index contributed by atoms with van der Waals surface area (Å²) in [5.41, 5.74) is -0.339. The predicted molar refractivity (Wildman–Crippen MR) is 73.4 cm³/mol. The molecule has 0 radical (unpaired) electrons. The van der Waals surface area contributed by atoms with Crippen molar-refractivity contribution in [2.75, 3.05) is 19.7 Å². The van der Waals surface area contributed by atoms with Crippen molar-refractivity contribution >= 4 is 5.91 Å². The van der Waals surface area contributed by atoms with Gasteiger partial charge in [0.2, 0.25) is 5.91 Å². The summed E-state index contributed by atoms with van der Waals surface area (Å²) in [4.78, 5) is 14.7. The lowest BCUT2D eigenvalue weighted by molar-refractivity contribution is -0.140. The molecule has 0 aromatic carbocycles. The number of nitrogens with zero attached hydrogens (tertiary/aromatic N) is 1. The van der Waals surface area contributed by atoms with E-state index >= 15 is 0 Å². The molecule has 0 spiro atoms. The number of aliphatic hydroxyl groups is 1. The topological polar surface area (TPSA) is 52.6 Å². The second-order valence-electron chi connectivity index (χ2n) is 5.53. The van der Waals surface area contributed by atoms with E-state index < -0.39 is 0 Å². The normalized spacial score (nSPS) is 23.6. The van der Waals surface area contributed by atoms with Crippen molar-refractivity contribution in [2.45, 2.75) is 64.5 Å². The highest BCUT2D eigenvalue weighted by Gasteiger charge is 2.42. The van der Waals surface area contributed by atoms with Gasteiger partial charge in [-0.3, -0.25) is 4.79 Å². The highest BCUT2D eigenvalue weighted by atomic mass is 16.3. The number of amides is 1. The van der Waals surface area contributed by atoms with Gasteiger partial charge in [0.1, 0.15) is 0 Å². The molecule has 1 rings (SSSR count). The first-order chi connectivity index (χ1) is 8.57. The molecular formula is C14H28N2O2. The molecule has 1 fully saturated rings. The van der Waals surface area contributed by atoms with E-state index in [9.17, 15) is 4.79 Å². The maximum Gasteiger partial charge on any atom is 0.243 e. The summed E-state index contributed by atoms with van der Waals surface area (Å²) in [5, 5.41) is 12.4. The van der Waals surface area contributed by atoms with E-state index in [4.69, 9.17) is 5.11 Å². The van der Waals surface area contributed by atoms with Gasteiger partial charge in [-0.05, 0) is 46.1 Å². The second kappa shape index (κ2) is 7.10. The SMILES string of the molecule is CCCC1(C(=O)N(CCCO)C(C)C)CCCN1. The van der Waals surface area contributed by atoms with Crippen LogP contribution in [0.25, 0.3) is 0 Å². The Bertz CT molecular complexity index is 261. The van der Waals surface area contributed by atoms with Gasteiger partial charge in [-0.2, -0.15) is 0 Å². The Morgan fingerprint density at radius 2 is 2.22 bits per heavy atom. The minimum absolute atomic E-state index is 0.144. The van der Waals surface area contributed by atoms with Gasteiger partial charge in [-0.25, -0.2) is 0 Å². The molecule has 1 unspecified atom stereocenters. The molecule has 4 nitrogen and oxygen atoms in total. The number of rotatable bonds is 7. The van der Waals surface area contributed by atoms with Gasteiger partial charge in [0.05, 0.1) is 5.54 Å². The number of hydrogen-bond acceptors (Lipinski definition) is 3. The van der Waals surface area contributed by atoms with Crippen LogP contribution in [0, 0.1) is 0 Å². The van der Waals surface area contributed by atoms with Crippen molar-refractivity contribution in [2.24, 2.45) is 0 Å². The summed E-state index contributed by atoms with van der Waals surface area (Å²) < 4.78 is 0. The van der Waals surface area contributed by atoms with Crippen LogP contribution in [0.4, 0.5) is 0 Å². The molecule has 0 aromatic rings. The summed E-state index contributed by atoms with van der Waals surface area (Å²) in [6, 6.07) is 0.195. The van der Waals surface area contributed by atoms with Crippen LogP contribution in [-0.4, -0.2) is 47.2 Å². The van der Waals surface area contributed by atoms with Gasteiger partial charge >= 0.3 is 0 Å². The zero-order chi connectivity index (χ0) is 13.6. The third-order valence-electron chi connectivity index (χ3n) is 3.77. The molecule has 1 atom stereocenters. The zero-order valence-corrected chi connectivity index (χ0v) is 12.0. The Labute approximate surface area is 111 Å². The third-order valence-corrected chi connectivity index (χ3v) is 3.77. The maximum atomic E-state index is 12.8. The van der Waals surface area contributed by atoms with Gasteiger partial charge in [-0.1, -0.05) is 13.3 Å². The summed E-state index contributed by atoms with van der Waals surface area (Å²) in [7, 11) is 0. The fraction of sp³-hybridized carbons (Fsp3) is 0.929. The molecule has 1 aliphatic heterocycles. The molecule has 2 N–H and O–H groups in total. The van der Waals surface area contributed by atoms with Crippen LogP contribution < -0.4 is 5.32 Å².